The van der Waals surface area contributed by atoms with Gasteiger partial charge in [-0.3, -0.25) is 4.79 Å². The van der Waals surface area contributed by atoms with Gasteiger partial charge in [-0.2, -0.15) is 0 Å². The van der Waals surface area contributed by atoms with Crippen molar-refractivity contribution < 1.29 is 14.3 Å². The van der Waals surface area contributed by atoms with E-state index in [9.17, 15) is 4.79 Å². The predicted molar refractivity (Wildman–Crippen MR) is 172 cm³/mol. The molecule has 4 heteroatoms. The Kier molecular flexibility index (Phi) is 8.24. The average Bonchev–Trinajstić information content (AvgIpc) is 3.02. The van der Waals surface area contributed by atoms with E-state index >= 15 is 0 Å². The molecular formula is C38H35ClO3. The molecule has 0 atom stereocenters. The molecule has 0 aliphatic heterocycles. The molecule has 0 N–H and O–H groups in total. The number of hydrogen-bond acceptors (Lipinski definition) is 3. The van der Waals surface area contributed by atoms with Crippen molar-refractivity contribution >= 4 is 17.4 Å². The molecule has 0 spiro atoms. The Hall–Kier alpha value is -4.34. The molecule has 0 saturated heterocycles. The fourth-order valence-corrected chi connectivity index (χ4v) is 5.29. The molecule has 3 nitrogen and oxygen atoms in total. The van der Waals surface area contributed by atoms with Crippen molar-refractivity contribution in [2.45, 2.75) is 38.5 Å². The standard InChI is InChI=1S/C38H35ClO3/c1-37(2,30-14-22-33(41-5)23-15-30)28-10-12-29(13-11-28)38(3,4)31-16-24-35(25-17-31)42-34-20-8-27(9-21-34)36(40)26-6-18-32(39)19-7-26/h6-25H,1-5H3. The van der Waals surface area contributed by atoms with Crippen molar-refractivity contribution in [1.29, 1.82) is 0 Å². The van der Waals surface area contributed by atoms with Crippen LogP contribution in [0.15, 0.2) is 121 Å². The second kappa shape index (κ2) is 11.9. The Morgan fingerprint density at radius 3 is 1.19 bits per heavy atom. The predicted octanol–water partition coefficient (Wildman–Crippen LogP) is 10.0. The van der Waals surface area contributed by atoms with Gasteiger partial charge in [-0.15, -0.1) is 0 Å². The second-order valence-electron chi connectivity index (χ2n) is 11.5. The first-order valence-electron chi connectivity index (χ1n) is 14.0. The summed E-state index contributed by atoms with van der Waals surface area (Å²) < 4.78 is 11.4. The maximum atomic E-state index is 12.7. The maximum Gasteiger partial charge on any atom is 0.193 e. The number of ether oxygens (including phenoxy) is 2. The van der Waals surface area contributed by atoms with E-state index in [1.807, 2.05) is 36.4 Å². The molecule has 5 aromatic carbocycles. The highest BCUT2D eigenvalue weighted by Gasteiger charge is 2.26. The Labute approximate surface area is 253 Å². The molecule has 0 aliphatic rings. The molecule has 5 rings (SSSR count). The normalized spacial score (nSPS) is 11.7. The topological polar surface area (TPSA) is 35.5 Å². The Balaban J connectivity index is 1.26. The quantitative estimate of drug-likeness (QED) is 0.164. The molecule has 5 aromatic rings. The molecule has 0 unspecified atom stereocenters. The van der Waals surface area contributed by atoms with Gasteiger partial charge < -0.3 is 9.47 Å². The first-order valence-corrected chi connectivity index (χ1v) is 14.4. The fourth-order valence-electron chi connectivity index (χ4n) is 5.16. The van der Waals surface area contributed by atoms with Crippen molar-refractivity contribution in [2.75, 3.05) is 7.11 Å². The first kappa shape index (κ1) is 29.2. The van der Waals surface area contributed by atoms with Crippen LogP contribution >= 0.6 is 11.6 Å². The smallest absolute Gasteiger partial charge is 0.193 e. The third kappa shape index (κ3) is 6.12. The molecular weight excluding hydrogens is 540 g/mol. The fraction of sp³-hybridized carbons (Fsp3) is 0.184. The van der Waals surface area contributed by atoms with E-state index in [-0.39, 0.29) is 16.6 Å². The second-order valence-corrected chi connectivity index (χ2v) is 12.0. The number of halogens is 1. The van der Waals surface area contributed by atoms with Crippen LogP contribution in [0.3, 0.4) is 0 Å². The molecule has 0 heterocycles. The highest BCUT2D eigenvalue weighted by molar-refractivity contribution is 6.30. The highest BCUT2D eigenvalue weighted by Crippen LogP contribution is 2.37. The average molecular weight is 575 g/mol. The zero-order chi connectivity index (χ0) is 29.9. The van der Waals surface area contributed by atoms with Gasteiger partial charge in [-0.1, -0.05) is 87.8 Å². The molecule has 0 amide bonds. The van der Waals surface area contributed by atoms with Crippen LogP contribution in [0.2, 0.25) is 5.02 Å². The SMILES string of the molecule is COc1ccc(C(C)(C)c2ccc(C(C)(C)c3ccc(Oc4ccc(C(=O)c5ccc(Cl)cc5)cc4)cc3)cc2)cc1. The molecule has 0 bridgehead atoms. The Bertz CT molecular complexity index is 1650. The maximum absolute atomic E-state index is 12.7. The summed E-state index contributed by atoms with van der Waals surface area (Å²) >= 11 is 5.94. The van der Waals surface area contributed by atoms with Gasteiger partial charge >= 0.3 is 0 Å². The van der Waals surface area contributed by atoms with Crippen molar-refractivity contribution in [3.05, 3.63) is 160 Å². The van der Waals surface area contributed by atoms with E-state index in [1.165, 1.54) is 22.3 Å². The minimum atomic E-state index is -0.189. The third-order valence-corrected chi connectivity index (χ3v) is 8.43. The van der Waals surface area contributed by atoms with Crippen LogP contribution in [0.1, 0.15) is 65.9 Å². The van der Waals surface area contributed by atoms with Gasteiger partial charge in [0.1, 0.15) is 17.2 Å². The van der Waals surface area contributed by atoms with Gasteiger partial charge in [-0.05, 0) is 95.1 Å². The highest BCUT2D eigenvalue weighted by atomic mass is 35.5. The minimum absolute atomic E-state index is 0.0536. The van der Waals surface area contributed by atoms with Gasteiger partial charge in [-0.25, -0.2) is 0 Å². The van der Waals surface area contributed by atoms with Crippen molar-refractivity contribution in [3.63, 3.8) is 0 Å². The van der Waals surface area contributed by atoms with E-state index in [2.05, 4.69) is 76.2 Å². The van der Waals surface area contributed by atoms with Gasteiger partial charge in [0.05, 0.1) is 7.11 Å². The number of benzene rings is 5. The number of methoxy groups -OCH3 is 1. The minimum Gasteiger partial charge on any atom is -0.497 e. The summed E-state index contributed by atoms with van der Waals surface area (Å²) in [5.74, 6) is 2.22. The van der Waals surface area contributed by atoms with Gasteiger partial charge in [0.25, 0.3) is 0 Å². The number of carbonyl (C=O) groups is 1. The summed E-state index contributed by atoms with van der Waals surface area (Å²) in [6, 6.07) is 39.5. The van der Waals surface area contributed by atoms with Crippen LogP contribution in [0.4, 0.5) is 0 Å². The summed E-state index contributed by atoms with van der Waals surface area (Å²) in [4.78, 5) is 12.7. The Morgan fingerprint density at radius 1 is 0.500 bits per heavy atom. The molecule has 0 saturated carbocycles. The first-order chi connectivity index (χ1) is 20.1. The van der Waals surface area contributed by atoms with Crippen LogP contribution in [0, 0.1) is 0 Å². The zero-order valence-electron chi connectivity index (χ0n) is 24.6. The van der Waals surface area contributed by atoms with Crippen LogP contribution < -0.4 is 9.47 Å². The van der Waals surface area contributed by atoms with Crippen molar-refractivity contribution in [3.8, 4) is 17.2 Å². The lowest BCUT2D eigenvalue weighted by molar-refractivity contribution is 0.103. The van der Waals surface area contributed by atoms with Gasteiger partial charge in [0.2, 0.25) is 0 Å². The molecule has 0 fully saturated rings. The van der Waals surface area contributed by atoms with E-state index in [1.54, 1.807) is 43.5 Å². The summed E-state index contributed by atoms with van der Waals surface area (Å²) in [5.41, 5.74) is 5.82. The summed E-state index contributed by atoms with van der Waals surface area (Å²) in [6.07, 6.45) is 0. The summed E-state index contributed by atoms with van der Waals surface area (Å²) in [6.45, 7) is 8.98. The van der Waals surface area contributed by atoms with Crippen LogP contribution in [-0.2, 0) is 10.8 Å². The van der Waals surface area contributed by atoms with Gasteiger partial charge in [0, 0.05) is 27.0 Å². The lowest BCUT2D eigenvalue weighted by Gasteiger charge is -2.29. The third-order valence-electron chi connectivity index (χ3n) is 8.17. The van der Waals surface area contributed by atoms with E-state index in [4.69, 9.17) is 21.1 Å². The number of hydrogen-bond donors (Lipinski definition) is 0. The summed E-state index contributed by atoms with van der Waals surface area (Å²) in [7, 11) is 1.69. The Morgan fingerprint density at radius 2 is 0.810 bits per heavy atom. The molecule has 42 heavy (non-hydrogen) atoms. The molecule has 0 radical (unpaired) electrons. The van der Waals surface area contributed by atoms with Crippen molar-refractivity contribution in [2.24, 2.45) is 0 Å². The monoisotopic (exact) mass is 574 g/mol. The van der Waals surface area contributed by atoms with Crippen LogP contribution in [-0.4, -0.2) is 12.9 Å². The number of carbonyl (C=O) groups excluding carboxylic acids is 1. The lowest BCUT2D eigenvalue weighted by Crippen LogP contribution is -2.21. The van der Waals surface area contributed by atoms with Gasteiger partial charge in [0.15, 0.2) is 5.78 Å². The van der Waals surface area contributed by atoms with E-state index in [0.717, 1.165) is 11.5 Å². The molecule has 0 aromatic heterocycles. The largest absolute Gasteiger partial charge is 0.497 e. The van der Waals surface area contributed by atoms with Crippen molar-refractivity contribution in [1.82, 2.24) is 0 Å². The molecule has 212 valence electrons. The summed E-state index contributed by atoms with van der Waals surface area (Å²) in [5, 5.41) is 0.604. The lowest BCUT2D eigenvalue weighted by atomic mass is 9.74. The number of rotatable bonds is 9. The number of ketones is 1. The van der Waals surface area contributed by atoms with Crippen LogP contribution in [0.5, 0.6) is 17.2 Å². The van der Waals surface area contributed by atoms with E-state index < -0.39 is 0 Å². The molecule has 0 aliphatic carbocycles. The van der Waals surface area contributed by atoms with Crippen LogP contribution in [0.25, 0.3) is 0 Å². The van der Waals surface area contributed by atoms with E-state index in [0.29, 0.717) is 21.9 Å². The zero-order valence-corrected chi connectivity index (χ0v) is 25.4.